The summed E-state index contributed by atoms with van der Waals surface area (Å²) in [6.45, 7) is 13.2. The molecule has 1 aliphatic heterocycles. The lowest BCUT2D eigenvalue weighted by Gasteiger charge is -2.35. The third-order valence-corrected chi connectivity index (χ3v) is 5.24. The quantitative estimate of drug-likeness (QED) is 0.794. The van der Waals surface area contributed by atoms with Gasteiger partial charge >= 0.3 is 0 Å². The predicted octanol–water partition coefficient (Wildman–Crippen LogP) is 3.25. The fourth-order valence-corrected chi connectivity index (χ4v) is 3.29. The lowest BCUT2D eigenvalue weighted by Crippen LogP contribution is -2.50. The summed E-state index contributed by atoms with van der Waals surface area (Å²) in [4.78, 5) is 25.9. The number of anilines is 1. The molecule has 1 fully saturated rings. The first-order valence-corrected chi connectivity index (χ1v) is 9.92. The molecule has 150 valence electrons. The zero-order valence-corrected chi connectivity index (χ0v) is 17.5. The summed E-state index contributed by atoms with van der Waals surface area (Å²) in [5, 5.41) is 0. The van der Waals surface area contributed by atoms with Crippen LogP contribution in [0.2, 0.25) is 0 Å². The molecule has 28 heavy (non-hydrogen) atoms. The Bertz CT molecular complexity index is 842. The molecule has 0 spiro atoms. The lowest BCUT2D eigenvalue weighted by molar-refractivity contribution is -0.133. The normalized spacial score (nSPS) is 14.5. The van der Waals surface area contributed by atoms with Crippen LogP contribution in [0.4, 0.5) is 5.82 Å². The van der Waals surface area contributed by atoms with Crippen molar-refractivity contribution in [1.29, 1.82) is 0 Å². The van der Waals surface area contributed by atoms with Crippen molar-refractivity contribution in [3.05, 3.63) is 46.9 Å². The van der Waals surface area contributed by atoms with Crippen LogP contribution < -0.4 is 9.64 Å². The van der Waals surface area contributed by atoms with Gasteiger partial charge in [-0.05, 0) is 38.0 Å². The van der Waals surface area contributed by atoms with Crippen molar-refractivity contribution in [2.45, 2.75) is 40.5 Å². The minimum atomic E-state index is 0.0299. The molecular weight excluding hydrogens is 352 g/mol. The number of benzene rings is 1. The van der Waals surface area contributed by atoms with E-state index >= 15 is 0 Å². The topological polar surface area (TPSA) is 58.6 Å². The molecule has 0 aliphatic carbocycles. The maximum atomic E-state index is 12.6. The standard InChI is InChI=1S/C22H30N4O2/c1-15(2)22-23-17(4)13-20(24-22)25-9-11-26(12-10-25)21(27)14-28-19-8-6-7-16(3)18(19)5/h6-8,13,15H,9-12,14H2,1-5H3. The van der Waals surface area contributed by atoms with Gasteiger partial charge in [-0.1, -0.05) is 26.0 Å². The lowest BCUT2D eigenvalue weighted by atomic mass is 10.1. The summed E-state index contributed by atoms with van der Waals surface area (Å²) in [6.07, 6.45) is 0. The second kappa shape index (κ2) is 8.59. The van der Waals surface area contributed by atoms with Crippen molar-refractivity contribution in [1.82, 2.24) is 14.9 Å². The molecule has 0 radical (unpaired) electrons. The van der Waals surface area contributed by atoms with E-state index in [-0.39, 0.29) is 12.5 Å². The Morgan fingerprint density at radius 2 is 1.82 bits per heavy atom. The van der Waals surface area contributed by atoms with Gasteiger partial charge in [0.1, 0.15) is 17.4 Å². The fraction of sp³-hybridized carbons (Fsp3) is 0.500. The average molecular weight is 383 g/mol. The predicted molar refractivity (Wildman–Crippen MR) is 111 cm³/mol. The van der Waals surface area contributed by atoms with Crippen LogP contribution in [0.5, 0.6) is 5.75 Å². The first kappa shape index (κ1) is 20.1. The zero-order chi connectivity index (χ0) is 20.3. The van der Waals surface area contributed by atoms with Crippen molar-refractivity contribution in [2.75, 3.05) is 37.7 Å². The van der Waals surface area contributed by atoms with E-state index in [1.54, 1.807) is 0 Å². The molecule has 1 amide bonds. The Labute approximate surface area is 167 Å². The molecule has 2 heterocycles. The van der Waals surface area contributed by atoms with Crippen LogP contribution in [0, 0.1) is 20.8 Å². The van der Waals surface area contributed by atoms with Gasteiger partial charge in [-0.2, -0.15) is 0 Å². The molecule has 1 aromatic carbocycles. The van der Waals surface area contributed by atoms with Gasteiger partial charge in [0.05, 0.1) is 0 Å². The summed E-state index contributed by atoms with van der Waals surface area (Å²) in [7, 11) is 0. The molecule has 3 rings (SSSR count). The first-order valence-electron chi connectivity index (χ1n) is 9.92. The van der Waals surface area contributed by atoms with E-state index in [4.69, 9.17) is 9.72 Å². The van der Waals surface area contributed by atoms with E-state index in [1.165, 1.54) is 5.56 Å². The number of nitrogens with zero attached hydrogens (tertiary/aromatic N) is 4. The van der Waals surface area contributed by atoms with Crippen LogP contribution in [0.1, 0.15) is 42.4 Å². The summed E-state index contributed by atoms with van der Waals surface area (Å²) in [6, 6.07) is 7.93. The van der Waals surface area contributed by atoms with E-state index in [9.17, 15) is 4.79 Å². The van der Waals surface area contributed by atoms with Crippen molar-refractivity contribution >= 4 is 11.7 Å². The maximum absolute atomic E-state index is 12.6. The number of rotatable bonds is 5. The van der Waals surface area contributed by atoms with Crippen LogP contribution in [-0.2, 0) is 4.79 Å². The van der Waals surface area contributed by atoms with Crippen LogP contribution in [-0.4, -0.2) is 53.6 Å². The number of hydrogen-bond donors (Lipinski definition) is 0. The van der Waals surface area contributed by atoms with Gasteiger partial charge in [0, 0.05) is 43.9 Å². The zero-order valence-electron chi connectivity index (χ0n) is 17.5. The number of piperazine rings is 1. The molecule has 0 unspecified atom stereocenters. The van der Waals surface area contributed by atoms with Crippen molar-refractivity contribution < 1.29 is 9.53 Å². The molecule has 0 atom stereocenters. The monoisotopic (exact) mass is 382 g/mol. The SMILES string of the molecule is Cc1cc(N2CCN(C(=O)COc3cccc(C)c3C)CC2)nc(C(C)C)n1. The van der Waals surface area contributed by atoms with E-state index in [0.717, 1.165) is 41.7 Å². The highest BCUT2D eigenvalue weighted by molar-refractivity contribution is 5.78. The molecule has 0 N–H and O–H groups in total. The van der Waals surface area contributed by atoms with Gasteiger partial charge in [0.25, 0.3) is 5.91 Å². The van der Waals surface area contributed by atoms with Crippen molar-refractivity contribution in [3.8, 4) is 5.75 Å². The van der Waals surface area contributed by atoms with E-state index in [2.05, 4.69) is 23.7 Å². The molecule has 0 saturated carbocycles. The molecule has 2 aromatic rings. The highest BCUT2D eigenvalue weighted by atomic mass is 16.5. The Hall–Kier alpha value is -2.63. The molecule has 6 heteroatoms. The van der Waals surface area contributed by atoms with Gasteiger partial charge < -0.3 is 14.5 Å². The molecule has 1 aliphatic rings. The number of amides is 1. The highest BCUT2D eigenvalue weighted by Gasteiger charge is 2.23. The van der Waals surface area contributed by atoms with Crippen LogP contribution >= 0.6 is 0 Å². The van der Waals surface area contributed by atoms with Gasteiger partial charge in [-0.3, -0.25) is 4.79 Å². The molecule has 1 saturated heterocycles. The van der Waals surface area contributed by atoms with Gasteiger partial charge in [0.15, 0.2) is 6.61 Å². The molecular formula is C22H30N4O2. The van der Waals surface area contributed by atoms with E-state index in [1.807, 2.05) is 49.9 Å². The molecule has 0 bridgehead atoms. The first-order chi connectivity index (χ1) is 13.3. The number of aromatic nitrogens is 2. The number of carbonyl (C=O) groups excluding carboxylic acids is 1. The van der Waals surface area contributed by atoms with E-state index < -0.39 is 0 Å². The summed E-state index contributed by atoms with van der Waals surface area (Å²) in [5.74, 6) is 2.93. The largest absolute Gasteiger partial charge is 0.483 e. The minimum absolute atomic E-state index is 0.0299. The van der Waals surface area contributed by atoms with Crippen LogP contribution in [0.25, 0.3) is 0 Å². The van der Waals surface area contributed by atoms with Crippen molar-refractivity contribution in [2.24, 2.45) is 0 Å². The summed E-state index contributed by atoms with van der Waals surface area (Å²) < 4.78 is 5.78. The fourth-order valence-electron chi connectivity index (χ4n) is 3.29. The maximum Gasteiger partial charge on any atom is 0.260 e. The number of hydrogen-bond acceptors (Lipinski definition) is 5. The van der Waals surface area contributed by atoms with Gasteiger partial charge in [0.2, 0.25) is 0 Å². The number of aryl methyl sites for hydroxylation is 2. The number of ether oxygens (including phenoxy) is 1. The van der Waals surface area contributed by atoms with E-state index in [0.29, 0.717) is 19.0 Å². The summed E-state index contributed by atoms with van der Waals surface area (Å²) >= 11 is 0. The van der Waals surface area contributed by atoms with Gasteiger partial charge in [-0.15, -0.1) is 0 Å². The Morgan fingerprint density at radius 3 is 2.50 bits per heavy atom. The molecule has 6 nitrogen and oxygen atoms in total. The second-order valence-corrected chi connectivity index (χ2v) is 7.73. The van der Waals surface area contributed by atoms with Crippen molar-refractivity contribution in [3.63, 3.8) is 0 Å². The van der Waals surface area contributed by atoms with Crippen LogP contribution in [0.15, 0.2) is 24.3 Å². The third-order valence-electron chi connectivity index (χ3n) is 5.24. The second-order valence-electron chi connectivity index (χ2n) is 7.73. The average Bonchev–Trinajstić information content (AvgIpc) is 2.68. The summed E-state index contributed by atoms with van der Waals surface area (Å²) in [5.41, 5.74) is 3.23. The molecule has 1 aromatic heterocycles. The Morgan fingerprint density at radius 1 is 1.11 bits per heavy atom. The van der Waals surface area contributed by atoms with Gasteiger partial charge in [-0.25, -0.2) is 9.97 Å². The third kappa shape index (κ3) is 4.61. The Balaban J connectivity index is 1.56. The highest BCUT2D eigenvalue weighted by Crippen LogP contribution is 2.21. The Kier molecular flexibility index (Phi) is 6.17. The number of carbonyl (C=O) groups is 1. The minimum Gasteiger partial charge on any atom is -0.483 e. The van der Waals surface area contributed by atoms with Crippen LogP contribution in [0.3, 0.4) is 0 Å². The smallest absolute Gasteiger partial charge is 0.260 e.